The second kappa shape index (κ2) is 12.8. The fraction of sp³-hybridized carbons (Fsp3) is 0.900. The summed E-state index contributed by atoms with van der Waals surface area (Å²) in [4.78, 5) is 21.7. The van der Waals surface area contributed by atoms with Crippen molar-refractivity contribution in [2.75, 3.05) is 40.3 Å². The van der Waals surface area contributed by atoms with Gasteiger partial charge < -0.3 is 15.5 Å². The van der Waals surface area contributed by atoms with Gasteiger partial charge in [-0.15, -0.1) is 24.0 Å². The van der Waals surface area contributed by atoms with Crippen LogP contribution in [0.5, 0.6) is 0 Å². The van der Waals surface area contributed by atoms with Crippen molar-refractivity contribution in [3.05, 3.63) is 0 Å². The molecule has 0 unspecified atom stereocenters. The molecular formula is C20H42IN5O. The molecule has 0 bridgehead atoms. The Morgan fingerprint density at radius 1 is 1.07 bits per heavy atom. The topological polar surface area (TPSA) is 60.0 Å². The fourth-order valence-electron chi connectivity index (χ4n) is 3.95. The van der Waals surface area contributed by atoms with Gasteiger partial charge in [0, 0.05) is 45.8 Å². The molecule has 1 rings (SSSR count). The van der Waals surface area contributed by atoms with E-state index in [4.69, 9.17) is 4.99 Å². The third-order valence-electron chi connectivity index (χ3n) is 5.29. The third kappa shape index (κ3) is 8.13. The number of nitrogens with zero attached hydrogens (tertiary/aromatic N) is 3. The summed E-state index contributed by atoms with van der Waals surface area (Å²) in [5, 5.41) is 6.76. The molecule has 7 heteroatoms. The van der Waals surface area contributed by atoms with Crippen molar-refractivity contribution in [1.29, 1.82) is 0 Å². The first-order valence-electron chi connectivity index (χ1n) is 10.2. The second-order valence-electron chi connectivity index (χ2n) is 8.23. The van der Waals surface area contributed by atoms with E-state index in [2.05, 4.69) is 50.2 Å². The van der Waals surface area contributed by atoms with Crippen molar-refractivity contribution in [2.24, 2.45) is 10.4 Å². The van der Waals surface area contributed by atoms with Crippen LogP contribution in [0.25, 0.3) is 0 Å². The quantitative estimate of drug-likeness (QED) is 0.294. The molecule has 0 aromatic rings. The van der Waals surface area contributed by atoms with Gasteiger partial charge in [-0.1, -0.05) is 12.8 Å². The zero-order valence-electron chi connectivity index (χ0n) is 18.5. The minimum absolute atomic E-state index is 0. The molecule has 0 saturated heterocycles. The first-order chi connectivity index (χ1) is 12.2. The number of halogens is 1. The maximum absolute atomic E-state index is 12.7. The second-order valence-corrected chi connectivity index (χ2v) is 8.23. The number of hydrogen-bond acceptors (Lipinski definition) is 3. The van der Waals surface area contributed by atoms with Crippen LogP contribution in [-0.4, -0.2) is 74.0 Å². The number of aliphatic imine (C=N–C) groups is 1. The van der Waals surface area contributed by atoms with Crippen LogP contribution in [-0.2, 0) is 4.79 Å². The molecule has 1 saturated carbocycles. The van der Waals surface area contributed by atoms with Crippen LogP contribution >= 0.6 is 24.0 Å². The Bertz CT molecular complexity index is 451. The van der Waals surface area contributed by atoms with Crippen LogP contribution in [0.3, 0.4) is 0 Å². The van der Waals surface area contributed by atoms with Crippen molar-refractivity contribution in [3.63, 3.8) is 0 Å². The first-order valence-corrected chi connectivity index (χ1v) is 10.2. The number of nitrogens with one attached hydrogen (secondary N) is 2. The fourth-order valence-corrected chi connectivity index (χ4v) is 3.95. The van der Waals surface area contributed by atoms with E-state index in [1.165, 1.54) is 0 Å². The summed E-state index contributed by atoms with van der Waals surface area (Å²) in [5.74, 6) is 1.04. The summed E-state index contributed by atoms with van der Waals surface area (Å²) in [5.41, 5.74) is -0.312. The van der Waals surface area contributed by atoms with Crippen molar-refractivity contribution in [3.8, 4) is 0 Å². The lowest BCUT2D eigenvalue weighted by molar-refractivity contribution is -0.138. The predicted molar refractivity (Wildman–Crippen MR) is 126 cm³/mol. The molecule has 1 aliphatic carbocycles. The highest BCUT2D eigenvalue weighted by molar-refractivity contribution is 14.0. The number of hydrogen-bond donors (Lipinski definition) is 2. The van der Waals surface area contributed by atoms with E-state index in [1.54, 1.807) is 4.90 Å². The van der Waals surface area contributed by atoms with E-state index >= 15 is 0 Å². The third-order valence-corrected chi connectivity index (χ3v) is 5.29. The van der Waals surface area contributed by atoms with Crippen molar-refractivity contribution in [1.82, 2.24) is 20.4 Å². The Kier molecular flexibility index (Phi) is 12.5. The highest BCUT2D eigenvalue weighted by atomic mass is 127. The number of amides is 1. The smallest absolute Gasteiger partial charge is 0.230 e. The molecule has 27 heavy (non-hydrogen) atoms. The van der Waals surface area contributed by atoms with Gasteiger partial charge >= 0.3 is 0 Å². The number of rotatable bonds is 9. The summed E-state index contributed by atoms with van der Waals surface area (Å²) in [7, 11) is 3.70. The van der Waals surface area contributed by atoms with Crippen LogP contribution in [0.2, 0.25) is 0 Å². The summed E-state index contributed by atoms with van der Waals surface area (Å²) < 4.78 is 0. The minimum Gasteiger partial charge on any atom is -0.357 e. The van der Waals surface area contributed by atoms with Gasteiger partial charge in [-0.05, 0) is 47.5 Å². The van der Waals surface area contributed by atoms with Crippen molar-refractivity contribution in [2.45, 2.75) is 72.4 Å². The monoisotopic (exact) mass is 495 g/mol. The lowest BCUT2D eigenvalue weighted by atomic mass is 9.85. The first kappa shape index (κ1) is 26.4. The van der Waals surface area contributed by atoms with Crippen LogP contribution in [0.4, 0.5) is 0 Å². The normalized spacial score (nSPS) is 16.6. The van der Waals surface area contributed by atoms with Crippen LogP contribution in [0, 0.1) is 5.41 Å². The lowest BCUT2D eigenvalue weighted by Crippen LogP contribution is -2.46. The van der Waals surface area contributed by atoms with E-state index in [-0.39, 0.29) is 35.3 Å². The average Bonchev–Trinajstić information content (AvgIpc) is 3.04. The van der Waals surface area contributed by atoms with Gasteiger partial charge in [0.25, 0.3) is 0 Å². The maximum atomic E-state index is 12.7. The van der Waals surface area contributed by atoms with Gasteiger partial charge in [-0.2, -0.15) is 0 Å². The van der Waals surface area contributed by atoms with E-state index in [0.717, 1.165) is 51.3 Å². The molecule has 0 aliphatic heterocycles. The van der Waals surface area contributed by atoms with Gasteiger partial charge in [0.1, 0.15) is 0 Å². The highest BCUT2D eigenvalue weighted by Gasteiger charge is 2.42. The van der Waals surface area contributed by atoms with Gasteiger partial charge in [0.2, 0.25) is 5.91 Å². The number of carbonyl (C=O) groups is 1. The van der Waals surface area contributed by atoms with E-state index in [1.807, 2.05) is 14.1 Å². The van der Waals surface area contributed by atoms with E-state index in [9.17, 15) is 4.79 Å². The Morgan fingerprint density at radius 2 is 1.63 bits per heavy atom. The average molecular weight is 495 g/mol. The molecular weight excluding hydrogens is 453 g/mol. The van der Waals surface area contributed by atoms with Crippen molar-refractivity contribution < 1.29 is 4.79 Å². The van der Waals surface area contributed by atoms with Gasteiger partial charge in [-0.3, -0.25) is 14.7 Å². The minimum atomic E-state index is -0.312. The van der Waals surface area contributed by atoms with Crippen LogP contribution < -0.4 is 10.6 Å². The molecule has 0 spiro atoms. The Morgan fingerprint density at radius 3 is 2.07 bits per heavy atom. The molecule has 0 atom stereocenters. The van der Waals surface area contributed by atoms with Gasteiger partial charge in [0.15, 0.2) is 5.96 Å². The molecule has 1 aliphatic rings. The van der Waals surface area contributed by atoms with Crippen LogP contribution in [0.15, 0.2) is 4.99 Å². The Labute approximate surface area is 183 Å². The highest BCUT2D eigenvalue weighted by Crippen LogP contribution is 2.39. The maximum Gasteiger partial charge on any atom is 0.230 e. The SMILES string of the molecule is CCNC(=NCC1(C(=O)N(C)C)CCCC1)NCCN(C(C)C)C(C)C.I. The molecule has 0 aromatic carbocycles. The number of carbonyl (C=O) groups excluding carboxylic acids is 1. The zero-order chi connectivity index (χ0) is 19.7. The van der Waals surface area contributed by atoms with E-state index in [0.29, 0.717) is 18.6 Å². The summed E-state index contributed by atoms with van der Waals surface area (Å²) in [6, 6.07) is 1.05. The Balaban J connectivity index is 0.00000676. The largest absolute Gasteiger partial charge is 0.357 e. The molecule has 2 N–H and O–H groups in total. The molecule has 0 aromatic heterocycles. The van der Waals surface area contributed by atoms with Gasteiger partial charge in [-0.25, -0.2) is 0 Å². The van der Waals surface area contributed by atoms with Crippen LogP contribution in [0.1, 0.15) is 60.3 Å². The van der Waals surface area contributed by atoms with Gasteiger partial charge in [0.05, 0.1) is 12.0 Å². The molecule has 1 fully saturated rings. The van der Waals surface area contributed by atoms with E-state index < -0.39 is 0 Å². The molecule has 160 valence electrons. The summed E-state index contributed by atoms with van der Waals surface area (Å²) in [6.45, 7) is 14.2. The zero-order valence-corrected chi connectivity index (χ0v) is 20.8. The standard InChI is InChI=1S/C20H41N5O.HI/c1-8-21-19(22-13-14-25(16(2)3)17(4)5)23-15-20(11-9-10-12-20)18(26)24(6)7;/h16-17H,8-15H2,1-7H3,(H2,21,22,23);1H. The Hall–Kier alpha value is -0.570. The predicted octanol–water partition coefficient (Wildman–Crippen LogP) is 2.93. The molecule has 1 amide bonds. The summed E-state index contributed by atoms with van der Waals surface area (Å²) >= 11 is 0. The molecule has 0 radical (unpaired) electrons. The van der Waals surface area contributed by atoms with Crippen molar-refractivity contribution >= 4 is 35.8 Å². The lowest BCUT2D eigenvalue weighted by Gasteiger charge is -2.31. The number of guanidine groups is 1. The molecule has 0 heterocycles. The summed E-state index contributed by atoms with van der Waals surface area (Å²) in [6.07, 6.45) is 4.14. The molecule has 6 nitrogen and oxygen atoms in total.